The number of anilines is 3. The van der Waals surface area contributed by atoms with Gasteiger partial charge in [-0.3, -0.25) is 0 Å². The Morgan fingerprint density at radius 2 is 2.05 bits per heavy atom. The van der Waals surface area contributed by atoms with Crippen molar-refractivity contribution in [3.63, 3.8) is 0 Å². The van der Waals surface area contributed by atoms with Crippen LogP contribution < -0.4 is 11.1 Å². The van der Waals surface area contributed by atoms with Gasteiger partial charge in [-0.15, -0.1) is 0 Å². The lowest BCUT2D eigenvalue weighted by molar-refractivity contribution is 0.628. The number of nitrogens with two attached hydrogens (primary N) is 1. The summed E-state index contributed by atoms with van der Waals surface area (Å²) in [4.78, 5) is 8.64. The van der Waals surface area contributed by atoms with Gasteiger partial charge in [0.1, 0.15) is 23.3 Å². The molecule has 0 aliphatic heterocycles. The Morgan fingerprint density at radius 3 is 2.70 bits per heavy atom. The number of hydrogen-bond acceptors (Lipinski definition) is 4. The van der Waals surface area contributed by atoms with Crippen LogP contribution in [-0.2, 0) is 6.42 Å². The maximum absolute atomic E-state index is 13.3. The van der Waals surface area contributed by atoms with Crippen LogP contribution in [0.15, 0.2) is 18.2 Å². The maximum atomic E-state index is 13.3. The number of hydrogen-bond donors (Lipinski definition) is 2. The van der Waals surface area contributed by atoms with Crippen molar-refractivity contribution in [3.8, 4) is 0 Å². The van der Waals surface area contributed by atoms with Gasteiger partial charge in [0.15, 0.2) is 0 Å². The first-order valence-corrected chi connectivity index (χ1v) is 6.73. The van der Waals surface area contributed by atoms with Crippen LogP contribution in [0, 0.1) is 12.7 Å². The lowest BCUT2D eigenvalue weighted by atomic mass is 10.2. The van der Waals surface area contributed by atoms with Gasteiger partial charge in [0.05, 0.1) is 0 Å². The van der Waals surface area contributed by atoms with E-state index in [4.69, 9.17) is 17.3 Å². The van der Waals surface area contributed by atoms with Crippen molar-refractivity contribution in [1.82, 2.24) is 9.97 Å². The molecule has 2 rings (SSSR count). The molecule has 2 aromatic rings. The van der Waals surface area contributed by atoms with Gasteiger partial charge in [-0.25, -0.2) is 14.4 Å². The molecule has 0 radical (unpaired) electrons. The van der Waals surface area contributed by atoms with E-state index < -0.39 is 5.82 Å². The zero-order valence-corrected chi connectivity index (χ0v) is 12.1. The normalized spacial score (nSPS) is 10.6. The van der Waals surface area contributed by atoms with Gasteiger partial charge in [0, 0.05) is 22.7 Å². The molecule has 0 unspecified atom stereocenters. The van der Waals surface area contributed by atoms with Crippen LogP contribution in [0.3, 0.4) is 0 Å². The Labute approximate surface area is 122 Å². The van der Waals surface area contributed by atoms with Crippen LogP contribution >= 0.6 is 11.6 Å². The lowest BCUT2D eigenvalue weighted by Crippen LogP contribution is -2.07. The molecule has 0 aliphatic rings. The zero-order chi connectivity index (χ0) is 14.7. The molecule has 1 aromatic heterocycles. The average molecular weight is 295 g/mol. The van der Waals surface area contributed by atoms with Gasteiger partial charge in [-0.1, -0.05) is 18.5 Å². The molecular formula is C14H16ClFN4. The monoisotopic (exact) mass is 294 g/mol. The van der Waals surface area contributed by atoms with E-state index in [9.17, 15) is 4.39 Å². The molecular weight excluding hydrogens is 279 g/mol. The number of nitrogens with zero attached hydrogens (tertiary/aromatic N) is 2. The molecule has 0 amide bonds. The van der Waals surface area contributed by atoms with Crippen LogP contribution in [0.5, 0.6) is 0 Å². The third-order valence-corrected chi connectivity index (χ3v) is 3.05. The van der Waals surface area contributed by atoms with E-state index in [1.54, 1.807) is 6.07 Å². The molecule has 0 saturated carbocycles. The molecule has 0 aliphatic carbocycles. The van der Waals surface area contributed by atoms with Crippen molar-refractivity contribution in [3.05, 3.63) is 40.4 Å². The fourth-order valence-electron chi connectivity index (χ4n) is 1.80. The third-order valence-electron chi connectivity index (χ3n) is 2.83. The summed E-state index contributed by atoms with van der Waals surface area (Å²) >= 11 is 5.83. The number of benzene rings is 1. The van der Waals surface area contributed by atoms with E-state index in [0.29, 0.717) is 28.2 Å². The zero-order valence-electron chi connectivity index (χ0n) is 11.4. The Kier molecular flexibility index (Phi) is 4.39. The third kappa shape index (κ3) is 3.36. The minimum atomic E-state index is -0.409. The van der Waals surface area contributed by atoms with E-state index in [1.807, 2.05) is 13.8 Å². The van der Waals surface area contributed by atoms with Crippen LogP contribution in [-0.4, -0.2) is 9.97 Å². The lowest BCUT2D eigenvalue weighted by Gasteiger charge is -2.12. The van der Waals surface area contributed by atoms with Crippen LogP contribution in [0.2, 0.25) is 5.02 Å². The summed E-state index contributed by atoms with van der Waals surface area (Å²) in [6.45, 7) is 3.85. The van der Waals surface area contributed by atoms with Crippen molar-refractivity contribution in [2.24, 2.45) is 0 Å². The largest absolute Gasteiger partial charge is 0.383 e. The van der Waals surface area contributed by atoms with Gasteiger partial charge < -0.3 is 11.1 Å². The van der Waals surface area contributed by atoms with Crippen molar-refractivity contribution in [2.45, 2.75) is 26.7 Å². The highest BCUT2D eigenvalue weighted by Crippen LogP contribution is 2.25. The van der Waals surface area contributed by atoms with Gasteiger partial charge >= 0.3 is 0 Å². The number of aryl methyl sites for hydroxylation is 1. The Bertz CT molecular complexity index is 611. The summed E-state index contributed by atoms with van der Waals surface area (Å²) in [7, 11) is 0. The first-order chi connectivity index (χ1) is 9.49. The van der Waals surface area contributed by atoms with E-state index in [2.05, 4.69) is 15.3 Å². The van der Waals surface area contributed by atoms with Gasteiger partial charge in [-0.05, 0) is 31.5 Å². The number of halogens is 2. The predicted molar refractivity (Wildman–Crippen MR) is 79.9 cm³/mol. The van der Waals surface area contributed by atoms with Gasteiger partial charge in [0.2, 0.25) is 0 Å². The molecule has 0 atom stereocenters. The molecule has 0 spiro atoms. The summed E-state index contributed by atoms with van der Waals surface area (Å²) in [5.74, 6) is 1.25. The van der Waals surface area contributed by atoms with Crippen molar-refractivity contribution in [2.75, 3.05) is 11.1 Å². The summed E-state index contributed by atoms with van der Waals surface area (Å²) in [5, 5.41) is 3.36. The second-order valence-corrected chi connectivity index (χ2v) is 4.97. The van der Waals surface area contributed by atoms with Crippen LogP contribution in [0.4, 0.5) is 21.7 Å². The second kappa shape index (κ2) is 6.05. The molecule has 3 N–H and O–H groups in total. The predicted octanol–water partition coefficient (Wildman–Crippen LogP) is 3.86. The van der Waals surface area contributed by atoms with E-state index in [1.165, 1.54) is 12.1 Å². The summed E-state index contributed by atoms with van der Waals surface area (Å²) in [6.07, 6.45) is 1.66. The fourth-order valence-corrected chi connectivity index (χ4v) is 2.02. The number of nitrogen functional groups attached to an aromatic ring is 1. The standard InChI is InChI=1S/C14H16ClFN4/c1-3-4-12-19-13(17)8(2)14(20-12)18-11-6-9(15)5-10(16)7-11/h5-7H,3-4H2,1-2H3,(H3,17,18,19,20). The summed E-state index contributed by atoms with van der Waals surface area (Å²) in [6, 6.07) is 4.22. The highest BCUT2D eigenvalue weighted by molar-refractivity contribution is 6.30. The highest BCUT2D eigenvalue weighted by Gasteiger charge is 2.09. The molecule has 106 valence electrons. The molecule has 0 saturated heterocycles. The average Bonchev–Trinajstić information content (AvgIpc) is 2.34. The summed E-state index contributed by atoms with van der Waals surface area (Å²) < 4.78 is 13.3. The first kappa shape index (κ1) is 14.5. The minimum Gasteiger partial charge on any atom is -0.383 e. The Hall–Kier alpha value is -1.88. The van der Waals surface area contributed by atoms with Crippen molar-refractivity contribution >= 4 is 28.9 Å². The van der Waals surface area contributed by atoms with E-state index >= 15 is 0 Å². The second-order valence-electron chi connectivity index (χ2n) is 4.53. The number of rotatable bonds is 4. The molecule has 20 heavy (non-hydrogen) atoms. The SMILES string of the molecule is CCCc1nc(N)c(C)c(Nc2cc(F)cc(Cl)c2)n1. The van der Waals surface area contributed by atoms with E-state index in [0.717, 1.165) is 18.4 Å². The fraction of sp³-hybridized carbons (Fsp3) is 0.286. The molecule has 0 bridgehead atoms. The topological polar surface area (TPSA) is 63.8 Å². The molecule has 1 heterocycles. The molecule has 6 heteroatoms. The van der Waals surface area contributed by atoms with Crippen molar-refractivity contribution in [1.29, 1.82) is 0 Å². The Morgan fingerprint density at radius 1 is 1.30 bits per heavy atom. The summed E-state index contributed by atoms with van der Waals surface area (Å²) in [5.41, 5.74) is 7.13. The van der Waals surface area contributed by atoms with Crippen molar-refractivity contribution < 1.29 is 4.39 Å². The molecule has 0 fully saturated rings. The molecule has 1 aromatic carbocycles. The first-order valence-electron chi connectivity index (χ1n) is 6.35. The quantitative estimate of drug-likeness (QED) is 0.899. The van der Waals surface area contributed by atoms with E-state index in [-0.39, 0.29) is 0 Å². The minimum absolute atomic E-state index is 0.320. The highest BCUT2D eigenvalue weighted by atomic mass is 35.5. The number of nitrogens with one attached hydrogen (secondary N) is 1. The van der Waals surface area contributed by atoms with Crippen LogP contribution in [0.1, 0.15) is 24.7 Å². The van der Waals surface area contributed by atoms with Gasteiger partial charge in [0.25, 0.3) is 0 Å². The number of aromatic nitrogens is 2. The van der Waals surface area contributed by atoms with Gasteiger partial charge in [-0.2, -0.15) is 0 Å². The smallest absolute Gasteiger partial charge is 0.139 e. The maximum Gasteiger partial charge on any atom is 0.139 e. The van der Waals surface area contributed by atoms with Crippen LogP contribution in [0.25, 0.3) is 0 Å². The molecule has 4 nitrogen and oxygen atoms in total. The Balaban J connectivity index is 2.36.